The molecular weight excluding hydrogens is 266 g/mol. The molecule has 0 spiro atoms. The summed E-state index contributed by atoms with van der Waals surface area (Å²) in [6, 6.07) is 9.61. The van der Waals surface area contributed by atoms with Gasteiger partial charge in [-0.3, -0.25) is 9.59 Å². The molecule has 0 unspecified atom stereocenters. The third kappa shape index (κ3) is 5.58. The quantitative estimate of drug-likeness (QED) is 0.847. The number of carbonyl (C=O) groups excluding carboxylic acids is 2. The second-order valence-electron chi connectivity index (χ2n) is 5.85. The van der Waals surface area contributed by atoms with Crippen LogP contribution in [0.5, 0.6) is 0 Å². The molecule has 1 saturated carbocycles. The number of nitrogens with one attached hydrogen (secondary N) is 1. The highest BCUT2D eigenvalue weighted by Gasteiger charge is 2.20. The first-order chi connectivity index (χ1) is 10.1. The van der Waals surface area contributed by atoms with Crippen molar-refractivity contribution in [2.45, 2.75) is 45.1 Å². The maximum atomic E-state index is 11.8. The fourth-order valence-electron chi connectivity index (χ4n) is 2.63. The van der Waals surface area contributed by atoms with Crippen molar-refractivity contribution in [1.29, 1.82) is 0 Å². The van der Waals surface area contributed by atoms with Gasteiger partial charge in [-0.1, -0.05) is 37.3 Å². The molecule has 0 heterocycles. The van der Waals surface area contributed by atoms with E-state index in [-0.39, 0.29) is 30.9 Å². The van der Waals surface area contributed by atoms with Gasteiger partial charge >= 0.3 is 5.97 Å². The zero-order valence-electron chi connectivity index (χ0n) is 12.5. The summed E-state index contributed by atoms with van der Waals surface area (Å²) in [5, 5.41) is 2.94. The van der Waals surface area contributed by atoms with Crippen molar-refractivity contribution >= 4 is 11.9 Å². The maximum Gasteiger partial charge on any atom is 0.310 e. The molecule has 0 bridgehead atoms. The van der Waals surface area contributed by atoms with Gasteiger partial charge in [0.15, 0.2) is 6.61 Å². The Bertz CT molecular complexity index is 464. The molecule has 0 aromatic heterocycles. The number of hydrogen-bond acceptors (Lipinski definition) is 3. The Morgan fingerprint density at radius 1 is 1.14 bits per heavy atom. The molecule has 1 amide bonds. The summed E-state index contributed by atoms with van der Waals surface area (Å²) in [6.07, 6.45) is 4.54. The van der Waals surface area contributed by atoms with Gasteiger partial charge in [0.2, 0.25) is 0 Å². The van der Waals surface area contributed by atoms with E-state index in [4.69, 9.17) is 4.74 Å². The second-order valence-corrected chi connectivity index (χ2v) is 5.85. The highest BCUT2D eigenvalue weighted by atomic mass is 16.5. The third-order valence-corrected chi connectivity index (χ3v) is 3.94. The van der Waals surface area contributed by atoms with E-state index >= 15 is 0 Å². The summed E-state index contributed by atoms with van der Waals surface area (Å²) in [4.78, 5) is 23.4. The lowest BCUT2D eigenvalue weighted by Gasteiger charge is -2.26. The number of ether oxygens (including phenoxy) is 1. The Kier molecular flexibility index (Phi) is 5.78. The first-order valence-corrected chi connectivity index (χ1v) is 7.62. The molecule has 4 nitrogen and oxygen atoms in total. The lowest BCUT2D eigenvalue weighted by molar-refractivity contribution is -0.148. The van der Waals surface area contributed by atoms with Gasteiger partial charge < -0.3 is 10.1 Å². The van der Waals surface area contributed by atoms with Crippen LogP contribution in [0, 0.1) is 5.92 Å². The van der Waals surface area contributed by atoms with Crippen LogP contribution in [0.3, 0.4) is 0 Å². The molecule has 0 aliphatic heterocycles. The van der Waals surface area contributed by atoms with Crippen molar-refractivity contribution in [1.82, 2.24) is 5.32 Å². The molecule has 1 aliphatic carbocycles. The summed E-state index contributed by atoms with van der Waals surface area (Å²) in [6.45, 7) is 2.06. The van der Waals surface area contributed by atoms with Gasteiger partial charge in [0.1, 0.15) is 0 Å². The van der Waals surface area contributed by atoms with Crippen molar-refractivity contribution in [3.8, 4) is 0 Å². The van der Waals surface area contributed by atoms with E-state index in [0.29, 0.717) is 0 Å². The number of rotatable bonds is 5. The van der Waals surface area contributed by atoms with Crippen LogP contribution < -0.4 is 5.32 Å². The molecule has 1 fully saturated rings. The number of hydrogen-bond donors (Lipinski definition) is 1. The number of esters is 1. The van der Waals surface area contributed by atoms with E-state index in [1.165, 1.54) is 0 Å². The van der Waals surface area contributed by atoms with Gasteiger partial charge in [-0.05, 0) is 37.2 Å². The maximum absolute atomic E-state index is 11.8. The van der Waals surface area contributed by atoms with Crippen molar-refractivity contribution < 1.29 is 14.3 Å². The molecule has 1 aromatic rings. The van der Waals surface area contributed by atoms with Crippen LogP contribution in [0.25, 0.3) is 0 Å². The molecule has 114 valence electrons. The van der Waals surface area contributed by atoms with Crippen LogP contribution >= 0.6 is 0 Å². The monoisotopic (exact) mass is 289 g/mol. The molecule has 2 rings (SSSR count). The van der Waals surface area contributed by atoms with Gasteiger partial charge in [-0.2, -0.15) is 0 Å². The van der Waals surface area contributed by atoms with Crippen molar-refractivity contribution in [3.05, 3.63) is 35.9 Å². The standard InChI is InChI=1S/C17H23NO3/c1-13-7-9-15(10-8-13)18-16(19)12-21-17(20)11-14-5-3-2-4-6-14/h2-6,13,15H,7-12H2,1H3,(H,18,19). The molecule has 0 saturated heterocycles. The second kappa shape index (κ2) is 7.81. The normalized spacial score (nSPS) is 21.6. The Balaban J connectivity index is 1.65. The van der Waals surface area contributed by atoms with Gasteiger partial charge in [0, 0.05) is 6.04 Å². The van der Waals surface area contributed by atoms with Crippen LogP contribution in [-0.2, 0) is 20.7 Å². The van der Waals surface area contributed by atoms with E-state index in [1.807, 2.05) is 30.3 Å². The number of amides is 1. The van der Waals surface area contributed by atoms with Crippen LogP contribution in [0.15, 0.2) is 30.3 Å². The highest BCUT2D eigenvalue weighted by molar-refractivity contribution is 5.81. The smallest absolute Gasteiger partial charge is 0.310 e. The van der Waals surface area contributed by atoms with Crippen molar-refractivity contribution in [3.63, 3.8) is 0 Å². The zero-order chi connectivity index (χ0) is 15.1. The van der Waals surface area contributed by atoms with Gasteiger partial charge in [-0.15, -0.1) is 0 Å². The Morgan fingerprint density at radius 3 is 2.48 bits per heavy atom. The van der Waals surface area contributed by atoms with Crippen LogP contribution in [0.2, 0.25) is 0 Å². The molecule has 1 N–H and O–H groups in total. The minimum absolute atomic E-state index is 0.183. The minimum atomic E-state index is -0.367. The lowest BCUT2D eigenvalue weighted by Crippen LogP contribution is -2.39. The van der Waals surface area contributed by atoms with Gasteiger partial charge in [-0.25, -0.2) is 0 Å². The number of benzene rings is 1. The Morgan fingerprint density at radius 2 is 1.81 bits per heavy atom. The first kappa shape index (κ1) is 15.5. The molecule has 0 atom stereocenters. The van der Waals surface area contributed by atoms with E-state index in [0.717, 1.165) is 37.2 Å². The Labute approximate surface area is 125 Å². The minimum Gasteiger partial charge on any atom is -0.455 e. The molecule has 0 radical (unpaired) electrons. The first-order valence-electron chi connectivity index (χ1n) is 7.62. The predicted octanol–water partition coefficient (Wildman–Crippen LogP) is 2.47. The van der Waals surface area contributed by atoms with E-state index in [2.05, 4.69) is 12.2 Å². The van der Waals surface area contributed by atoms with Crippen molar-refractivity contribution in [2.24, 2.45) is 5.92 Å². The SMILES string of the molecule is CC1CCC(NC(=O)COC(=O)Cc2ccccc2)CC1. The topological polar surface area (TPSA) is 55.4 Å². The molecule has 21 heavy (non-hydrogen) atoms. The fourth-order valence-corrected chi connectivity index (χ4v) is 2.63. The Hall–Kier alpha value is -1.84. The van der Waals surface area contributed by atoms with Crippen molar-refractivity contribution in [2.75, 3.05) is 6.61 Å². The zero-order valence-corrected chi connectivity index (χ0v) is 12.5. The van der Waals surface area contributed by atoms with Gasteiger partial charge in [0.25, 0.3) is 5.91 Å². The molecule has 4 heteroatoms. The summed E-state index contributed by atoms with van der Waals surface area (Å²) < 4.78 is 5.02. The van der Waals surface area contributed by atoms with E-state index < -0.39 is 0 Å². The highest BCUT2D eigenvalue weighted by Crippen LogP contribution is 2.23. The van der Waals surface area contributed by atoms with Crippen LogP contribution in [0.4, 0.5) is 0 Å². The fraction of sp³-hybridized carbons (Fsp3) is 0.529. The van der Waals surface area contributed by atoms with Gasteiger partial charge in [0.05, 0.1) is 6.42 Å². The summed E-state index contributed by atoms with van der Waals surface area (Å²) in [5.41, 5.74) is 0.893. The average molecular weight is 289 g/mol. The van der Waals surface area contributed by atoms with Crippen LogP contribution in [-0.4, -0.2) is 24.5 Å². The summed E-state index contributed by atoms with van der Waals surface area (Å²) >= 11 is 0. The average Bonchev–Trinajstić information content (AvgIpc) is 2.49. The molecule has 1 aromatic carbocycles. The predicted molar refractivity (Wildman–Crippen MR) is 80.7 cm³/mol. The molecular formula is C17H23NO3. The summed E-state index contributed by atoms with van der Waals surface area (Å²) in [7, 11) is 0. The number of carbonyl (C=O) groups is 2. The largest absolute Gasteiger partial charge is 0.455 e. The van der Waals surface area contributed by atoms with Crippen LogP contribution in [0.1, 0.15) is 38.2 Å². The molecule has 1 aliphatic rings. The van der Waals surface area contributed by atoms with E-state index in [1.54, 1.807) is 0 Å². The summed E-state index contributed by atoms with van der Waals surface area (Å²) in [5.74, 6) is 0.187. The third-order valence-electron chi connectivity index (χ3n) is 3.94. The lowest BCUT2D eigenvalue weighted by atomic mass is 9.87. The van der Waals surface area contributed by atoms with E-state index in [9.17, 15) is 9.59 Å².